The monoisotopic (exact) mass is 375 g/mol. The van der Waals surface area contributed by atoms with Crippen LogP contribution < -0.4 is 11.1 Å². The van der Waals surface area contributed by atoms with Crippen molar-refractivity contribution in [2.24, 2.45) is 11.7 Å². The van der Waals surface area contributed by atoms with Gasteiger partial charge >= 0.3 is 0 Å². The number of benzene rings is 1. The Morgan fingerprint density at radius 3 is 2.58 bits per heavy atom. The van der Waals surface area contributed by atoms with E-state index in [4.69, 9.17) is 17.3 Å². The molecule has 3 N–H and O–H groups in total. The number of carbonyl (C=O) groups is 1. The van der Waals surface area contributed by atoms with Gasteiger partial charge in [0.2, 0.25) is 0 Å². The number of hydrogen-bond acceptors (Lipinski definition) is 4. The molecule has 3 rings (SSSR count). The number of hydrogen-bond donors (Lipinski definition) is 2. The second-order valence-electron chi connectivity index (χ2n) is 7.34. The van der Waals surface area contributed by atoms with Crippen LogP contribution in [0.15, 0.2) is 30.5 Å². The standard InChI is InChI=1S/C19H26ClN5O/c1-12-10-15(24(2)3)8-9-17(12)25-11-16(18(21)26)19(23-25)22-14-6-4-13(20)5-7-14/h4-7,11-12,15,17H,8-10H2,1-3H3,(H2,21,26)(H,22,23)/t12-,15-,17-/m0/s1. The molecule has 1 aliphatic rings. The zero-order valence-electron chi connectivity index (χ0n) is 15.4. The Morgan fingerprint density at radius 2 is 2.00 bits per heavy atom. The summed E-state index contributed by atoms with van der Waals surface area (Å²) >= 11 is 5.93. The summed E-state index contributed by atoms with van der Waals surface area (Å²) in [6.07, 6.45) is 5.04. The van der Waals surface area contributed by atoms with Crippen molar-refractivity contribution in [1.82, 2.24) is 14.7 Å². The number of carbonyl (C=O) groups excluding carboxylic acids is 1. The summed E-state index contributed by atoms with van der Waals surface area (Å²) in [6.45, 7) is 2.25. The van der Waals surface area contributed by atoms with Crippen LogP contribution in [-0.2, 0) is 0 Å². The first kappa shape index (κ1) is 18.7. The van der Waals surface area contributed by atoms with E-state index in [-0.39, 0.29) is 6.04 Å². The molecule has 0 bridgehead atoms. The Balaban J connectivity index is 1.83. The van der Waals surface area contributed by atoms with E-state index >= 15 is 0 Å². The van der Waals surface area contributed by atoms with Gasteiger partial charge in [0.05, 0.1) is 6.04 Å². The zero-order valence-corrected chi connectivity index (χ0v) is 16.2. The van der Waals surface area contributed by atoms with Crippen LogP contribution in [0.5, 0.6) is 0 Å². The molecule has 7 heteroatoms. The van der Waals surface area contributed by atoms with E-state index in [1.807, 2.05) is 16.8 Å². The number of amides is 1. The lowest BCUT2D eigenvalue weighted by atomic mass is 9.82. The topological polar surface area (TPSA) is 76.2 Å². The lowest BCUT2D eigenvalue weighted by molar-refractivity contribution is 0.100. The van der Waals surface area contributed by atoms with Crippen LogP contribution in [0.3, 0.4) is 0 Å². The Hall–Kier alpha value is -2.05. The minimum atomic E-state index is -0.484. The molecule has 3 atom stereocenters. The van der Waals surface area contributed by atoms with Crippen LogP contribution in [0.25, 0.3) is 0 Å². The fraction of sp³-hybridized carbons (Fsp3) is 0.474. The molecular weight excluding hydrogens is 350 g/mol. The van der Waals surface area contributed by atoms with Crippen LogP contribution in [0.4, 0.5) is 11.5 Å². The first-order chi connectivity index (χ1) is 12.3. The largest absolute Gasteiger partial charge is 0.365 e. The lowest BCUT2D eigenvalue weighted by Crippen LogP contribution is -2.37. The van der Waals surface area contributed by atoms with Gasteiger partial charge in [0.25, 0.3) is 5.91 Å². The molecule has 1 aromatic heterocycles. The maximum absolute atomic E-state index is 11.9. The van der Waals surface area contributed by atoms with Gasteiger partial charge in [-0.15, -0.1) is 0 Å². The lowest BCUT2D eigenvalue weighted by Gasteiger charge is -2.37. The van der Waals surface area contributed by atoms with Crippen molar-refractivity contribution >= 4 is 29.0 Å². The molecule has 0 radical (unpaired) electrons. The molecule has 140 valence electrons. The Morgan fingerprint density at radius 1 is 1.31 bits per heavy atom. The molecule has 1 heterocycles. The number of aromatic nitrogens is 2. The van der Waals surface area contributed by atoms with Gasteiger partial charge in [0.1, 0.15) is 5.56 Å². The van der Waals surface area contributed by atoms with E-state index < -0.39 is 5.91 Å². The first-order valence-electron chi connectivity index (χ1n) is 8.93. The first-order valence-corrected chi connectivity index (χ1v) is 9.31. The molecule has 1 aromatic carbocycles. The summed E-state index contributed by atoms with van der Waals surface area (Å²) in [5, 5.41) is 8.49. The van der Waals surface area contributed by atoms with E-state index in [1.165, 1.54) is 0 Å². The van der Waals surface area contributed by atoms with Crippen LogP contribution >= 0.6 is 11.6 Å². The fourth-order valence-electron chi connectivity index (χ4n) is 3.72. The molecule has 0 unspecified atom stereocenters. The second kappa shape index (κ2) is 7.68. The minimum Gasteiger partial charge on any atom is -0.365 e. The van der Waals surface area contributed by atoms with Gasteiger partial charge < -0.3 is 16.0 Å². The number of nitrogens with two attached hydrogens (primary N) is 1. The van der Waals surface area contributed by atoms with Gasteiger partial charge in [-0.3, -0.25) is 9.48 Å². The van der Waals surface area contributed by atoms with Crippen molar-refractivity contribution in [2.75, 3.05) is 19.4 Å². The number of halogens is 1. The summed E-state index contributed by atoms with van der Waals surface area (Å²) in [7, 11) is 4.26. The fourth-order valence-corrected chi connectivity index (χ4v) is 3.84. The van der Waals surface area contributed by atoms with Gasteiger partial charge in [-0.1, -0.05) is 18.5 Å². The van der Waals surface area contributed by atoms with Crippen LogP contribution in [0, 0.1) is 5.92 Å². The average Bonchev–Trinajstić information content (AvgIpc) is 3.00. The zero-order chi connectivity index (χ0) is 18.8. The maximum Gasteiger partial charge on any atom is 0.254 e. The smallest absolute Gasteiger partial charge is 0.254 e. The van der Waals surface area contributed by atoms with E-state index in [9.17, 15) is 4.79 Å². The second-order valence-corrected chi connectivity index (χ2v) is 7.78. The van der Waals surface area contributed by atoms with E-state index in [0.29, 0.717) is 28.4 Å². The third-order valence-corrected chi connectivity index (χ3v) is 5.52. The third-order valence-electron chi connectivity index (χ3n) is 5.27. The predicted octanol–water partition coefficient (Wildman–Crippen LogP) is 3.67. The molecule has 1 amide bonds. The normalized spacial score (nSPS) is 23.2. The SMILES string of the molecule is C[C@H]1C[C@@H](N(C)C)CC[C@@H]1n1cc(C(N)=O)c(Nc2ccc(Cl)cc2)n1. The maximum atomic E-state index is 11.9. The van der Waals surface area contributed by atoms with Crippen molar-refractivity contribution in [2.45, 2.75) is 38.3 Å². The number of nitrogens with zero attached hydrogens (tertiary/aromatic N) is 3. The van der Waals surface area contributed by atoms with Gasteiger partial charge in [-0.25, -0.2) is 0 Å². The van der Waals surface area contributed by atoms with Gasteiger partial charge in [0.15, 0.2) is 5.82 Å². The molecular formula is C19H26ClN5O. The molecule has 26 heavy (non-hydrogen) atoms. The van der Waals surface area contributed by atoms with E-state index in [1.54, 1.807) is 18.3 Å². The summed E-state index contributed by atoms with van der Waals surface area (Å²) in [6, 6.07) is 8.13. The van der Waals surface area contributed by atoms with Crippen molar-refractivity contribution in [3.8, 4) is 0 Å². The van der Waals surface area contributed by atoms with Crippen LogP contribution in [0.2, 0.25) is 5.02 Å². The Kier molecular flexibility index (Phi) is 5.53. The van der Waals surface area contributed by atoms with Crippen molar-refractivity contribution in [3.63, 3.8) is 0 Å². The molecule has 1 saturated carbocycles. The van der Waals surface area contributed by atoms with Gasteiger partial charge in [-0.2, -0.15) is 5.10 Å². The Labute approximate surface area is 159 Å². The molecule has 0 aliphatic heterocycles. The molecule has 1 aliphatic carbocycles. The highest BCUT2D eigenvalue weighted by Crippen LogP contribution is 2.36. The molecule has 0 saturated heterocycles. The van der Waals surface area contributed by atoms with E-state index in [0.717, 1.165) is 24.9 Å². The number of anilines is 2. The highest BCUT2D eigenvalue weighted by molar-refractivity contribution is 6.30. The van der Waals surface area contributed by atoms with Gasteiger partial charge in [-0.05, 0) is 63.5 Å². The third kappa shape index (κ3) is 4.02. The highest BCUT2D eigenvalue weighted by Gasteiger charge is 2.31. The molecule has 6 nitrogen and oxygen atoms in total. The van der Waals surface area contributed by atoms with Crippen molar-refractivity contribution < 1.29 is 4.79 Å². The van der Waals surface area contributed by atoms with E-state index in [2.05, 4.69) is 36.3 Å². The van der Waals surface area contributed by atoms with Crippen molar-refractivity contribution in [3.05, 3.63) is 41.0 Å². The quantitative estimate of drug-likeness (QED) is 0.835. The molecule has 1 fully saturated rings. The summed E-state index contributed by atoms with van der Waals surface area (Å²) in [5.41, 5.74) is 6.79. The number of rotatable bonds is 5. The molecule has 0 spiro atoms. The molecule has 2 aromatic rings. The summed E-state index contributed by atoms with van der Waals surface area (Å²) < 4.78 is 1.91. The Bertz CT molecular complexity index is 771. The minimum absolute atomic E-state index is 0.269. The van der Waals surface area contributed by atoms with Crippen molar-refractivity contribution in [1.29, 1.82) is 0 Å². The highest BCUT2D eigenvalue weighted by atomic mass is 35.5. The van der Waals surface area contributed by atoms with Crippen LogP contribution in [-0.4, -0.2) is 40.7 Å². The van der Waals surface area contributed by atoms with Gasteiger partial charge in [0, 0.05) is 22.9 Å². The number of nitrogens with one attached hydrogen (secondary N) is 1. The summed E-state index contributed by atoms with van der Waals surface area (Å²) in [5.74, 6) is 0.476. The number of primary amides is 1. The van der Waals surface area contributed by atoms with Crippen LogP contribution in [0.1, 0.15) is 42.6 Å². The predicted molar refractivity (Wildman–Crippen MR) is 105 cm³/mol. The average molecular weight is 376 g/mol. The summed E-state index contributed by atoms with van der Waals surface area (Å²) in [4.78, 5) is 14.2.